The van der Waals surface area contributed by atoms with Crippen molar-refractivity contribution >= 4 is 10.9 Å². The van der Waals surface area contributed by atoms with E-state index in [1.54, 1.807) is 0 Å². The minimum absolute atomic E-state index is 0.0489. The van der Waals surface area contributed by atoms with E-state index in [1.165, 1.54) is 10.8 Å². The van der Waals surface area contributed by atoms with E-state index in [4.69, 9.17) is 0 Å². The Morgan fingerprint density at radius 1 is 1.26 bits per heavy atom. The number of rotatable bonds is 2. The summed E-state index contributed by atoms with van der Waals surface area (Å²) in [6.45, 7) is 3.63. The van der Waals surface area contributed by atoms with Crippen LogP contribution in [-0.2, 0) is 6.42 Å². The highest BCUT2D eigenvalue weighted by molar-refractivity contribution is 5.80. The number of halogens is 3. The SMILES string of the molecule is [CH2]Cc1cn(C2CC2)c2c(F)c(F)c(F)cc2c1=O. The number of aromatic nitrogens is 1. The summed E-state index contributed by atoms with van der Waals surface area (Å²) < 4.78 is 42.1. The third-order valence-corrected chi connectivity index (χ3v) is 3.44. The van der Waals surface area contributed by atoms with Gasteiger partial charge in [0.15, 0.2) is 22.9 Å². The summed E-state index contributed by atoms with van der Waals surface area (Å²) in [5.41, 5.74) is -0.256. The zero-order valence-corrected chi connectivity index (χ0v) is 10.0. The predicted molar refractivity (Wildman–Crippen MR) is 65.4 cm³/mol. The van der Waals surface area contributed by atoms with Crippen molar-refractivity contribution < 1.29 is 13.2 Å². The average Bonchev–Trinajstić information content (AvgIpc) is 3.21. The largest absolute Gasteiger partial charge is 0.341 e. The predicted octanol–water partition coefficient (Wildman–Crippen LogP) is 3.13. The second-order valence-electron chi connectivity index (χ2n) is 4.75. The smallest absolute Gasteiger partial charge is 0.196 e. The molecule has 0 N–H and O–H groups in total. The van der Waals surface area contributed by atoms with Crippen LogP contribution in [-0.4, -0.2) is 4.57 Å². The Morgan fingerprint density at radius 2 is 1.95 bits per heavy atom. The molecule has 1 fully saturated rings. The molecule has 5 heteroatoms. The van der Waals surface area contributed by atoms with Crippen molar-refractivity contribution in [3.8, 4) is 0 Å². The van der Waals surface area contributed by atoms with Gasteiger partial charge >= 0.3 is 0 Å². The Bertz CT molecular complexity index is 732. The number of nitrogens with zero attached hydrogens (tertiary/aromatic N) is 1. The Hall–Kier alpha value is -1.78. The van der Waals surface area contributed by atoms with Crippen molar-refractivity contribution in [3.05, 3.63) is 52.4 Å². The zero-order chi connectivity index (χ0) is 13.7. The van der Waals surface area contributed by atoms with Gasteiger partial charge < -0.3 is 4.57 Å². The van der Waals surface area contributed by atoms with Crippen molar-refractivity contribution in [1.29, 1.82) is 0 Å². The lowest BCUT2D eigenvalue weighted by Crippen LogP contribution is -2.16. The number of benzene rings is 1. The third kappa shape index (κ3) is 1.76. The molecule has 19 heavy (non-hydrogen) atoms. The molecule has 2 aromatic rings. The van der Waals surface area contributed by atoms with Crippen molar-refractivity contribution in [2.45, 2.75) is 25.3 Å². The summed E-state index contributed by atoms with van der Waals surface area (Å²) in [4.78, 5) is 12.1. The van der Waals surface area contributed by atoms with Gasteiger partial charge in [0, 0.05) is 17.8 Å². The Morgan fingerprint density at radius 3 is 2.53 bits per heavy atom. The first-order valence-corrected chi connectivity index (χ1v) is 6.05. The van der Waals surface area contributed by atoms with Crippen LogP contribution in [0.1, 0.15) is 24.4 Å². The number of hydrogen-bond acceptors (Lipinski definition) is 1. The second kappa shape index (κ2) is 4.11. The van der Waals surface area contributed by atoms with E-state index in [2.05, 4.69) is 6.92 Å². The van der Waals surface area contributed by atoms with Crippen LogP contribution >= 0.6 is 0 Å². The number of hydrogen-bond donors (Lipinski definition) is 0. The lowest BCUT2D eigenvalue weighted by molar-refractivity contribution is 0.450. The first-order valence-electron chi connectivity index (χ1n) is 6.05. The number of pyridine rings is 1. The van der Waals surface area contributed by atoms with E-state index in [0.29, 0.717) is 5.56 Å². The standard InChI is InChI=1S/C14H11F3NO/c1-2-7-6-18(8-3-4-8)13-9(14(7)19)5-10(15)11(16)12(13)17/h5-6,8H,1-4H2. The van der Waals surface area contributed by atoms with Gasteiger partial charge in [0.05, 0.1) is 10.9 Å². The molecule has 1 heterocycles. The van der Waals surface area contributed by atoms with Crippen LogP contribution in [0.5, 0.6) is 0 Å². The summed E-state index contributed by atoms with van der Waals surface area (Å²) in [6, 6.07) is 0.821. The molecule has 0 saturated heterocycles. The van der Waals surface area contributed by atoms with Gasteiger partial charge in [-0.3, -0.25) is 4.79 Å². The van der Waals surface area contributed by atoms with Crippen LogP contribution in [0.25, 0.3) is 10.9 Å². The lowest BCUT2D eigenvalue weighted by atomic mass is 10.1. The summed E-state index contributed by atoms with van der Waals surface area (Å²) >= 11 is 0. The molecule has 1 radical (unpaired) electrons. The Labute approximate surface area is 107 Å². The average molecular weight is 266 g/mol. The second-order valence-corrected chi connectivity index (χ2v) is 4.75. The maximum Gasteiger partial charge on any atom is 0.196 e. The lowest BCUT2D eigenvalue weighted by Gasteiger charge is -2.13. The summed E-state index contributed by atoms with van der Waals surface area (Å²) in [5, 5.41) is -0.121. The molecule has 1 saturated carbocycles. The van der Waals surface area contributed by atoms with Gasteiger partial charge in [-0.25, -0.2) is 13.2 Å². The molecule has 0 spiro atoms. The molecule has 99 valence electrons. The van der Waals surface area contributed by atoms with Crippen LogP contribution in [0.3, 0.4) is 0 Å². The van der Waals surface area contributed by atoms with E-state index < -0.39 is 22.9 Å². The molecule has 0 aliphatic heterocycles. The maximum absolute atomic E-state index is 13.9. The van der Waals surface area contributed by atoms with Gasteiger partial charge in [-0.05, 0) is 32.3 Å². The van der Waals surface area contributed by atoms with E-state index in [0.717, 1.165) is 18.9 Å². The monoisotopic (exact) mass is 266 g/mol. The summed E-state index contributed by atoms with van der Waals surface area (Å²) in [6.07, 6.45) is 3.41. The summed E-state index contributed by atoms with van der Waals surface area (Å²) in [5.74, 6) is -4.18. The van der Waals surface area contributed by atoms with Crippen molar-refractivity contribution in [1.82, 2.24) is 4.57 Å². The molecule has 1 aliphatic carbocycles. The van der Waals surface area contributed by atoms with Crippen LogP contribution in [0, 0.1) is 24.4 Å². The zero-order valence-electron chi connectivity index (χ0n) is 10.0. The molecule has 0 amide bonds. The fraction of sp³-hybridized carbons (Fsp3) is 0.286. The molecule has 2 nitrogen and oxygen atoms in total. The molecule has 3 rings (SSSR count). The van der Waals surface area contributed by atoms with Crippen LogP contribution < -0.4 is 5.43 Å². The molecule has 1 aromatic carbocycles. The first kappa shape index (κ1) is 12.3. The van der Waals surface area contributed by atoms with E-state index in [-0.39, 0.29) is 23.4 Å². The molecular weight excluding hydrogens is 255 g/mol. The van der Waals surface area contributed by atoms with Gasteiger partial charge in [-0.15, -0.1) is 0 Å². The highest BCUT2D eigenvalue weighted by atomic mass is 19.2. The van der Waals surface area contributed by atoms with Crippen molar-refractivity contribution in [3.63, 3.8) is 0 Å². The molecule has 1 aromatic heterocycles. The fourth-order valence-corrected chi connectivity index (χ4v) is 2.29. The van der Waals surface area contributed by atoms with Gasteiger partial charge in [0.1, 0.15) is 0 Å². The Kier molecular flexibility index (Phi) is 2.66. The van der Waals surface area contributed by atoms with Crippen molar-refractivity contribution in [2.75, 3.05) is 0 Å². The van der Waals surface area contributed by atoms with Crippen molar-refractivity contribution in [2.24, 2.45) is 0 Å². The quantitative estimate of drug-likeness (QED) is 0.765. The minimum atomic E-state index is -1.54. The van der Waals surface area contributed by atoms with Gasteiger partial charge in [-0.1, -0.05) is 0 Å². The van der Waals surface area contributed by atoms with Gasteiger partial charge in [-0.2, -0.15) is 0 Å². The maximum atomic E-state index is 13.9. The molecule has 1 aliphatic rings. The van der Waals surface area contributed by atoms with Gasteiger partial charge in [0.2, 0.25) is 0 Å². The molecule has 0 bridgehead atoms. The van der Waals surface area contributed by atoms with E-state index >= 15 is 0 Å². The van der Waals surface area contributed by atoms with Crippen LogP contribution in [0.2, 0.25) is 0 Å². The Balaban J connectivity index is 2.50. The fourth-order valence-electron chi connectivity index (χ4n) is 2.29. The molecule has 0 atom stereocenters. The van der Waals surface area contributed by atoms with E-state index in [9.17, 15) is 18.0 Å². The highest BCUT2D eigenvalue weighted by Gasteiger charge is 2.28. The van der Waals surface area contributed by atoms with Gasteiger partial charge in [0.25, 0.3) is 0 Å². The van der Waals surface area contributed by atoms with Crippen LogP contribution in [0.4, 0.5) is 13.2 Å². The summed E-state index contributed by atoms with van der Waals surface area (Å²) in [7, 11) is 0. The minimum Gasteiger partial charge on any atom is -0.341 e. The molecular formula is C14H11F3NO. The number of fused-ring (bicyclic) bond motifs is 1. The topological polar surface area (TPSA) is 22.0 Å². The van der Waals surface area contributed by atoms with Crippen LogP contribution in [0.15, 0.2) is 17.1 Å². The third-order valence-electron chi connectivity index (χ3n) is 3.44. The molecule has 0 unspecified atom stereocenters. The van der Waals surface area contributed by atoms with E-state index in [1.807, 2.05) is 0 Å². The normalized spacial score (nSPS) is 15.2. The highest BCUT2D eigenvalue weighted by Crippen LogP contribution is 2.38. The first-order chi connectivity index (χ1) is 9.04.